The molecule has 0 aliphatic heterocycles. The maximum atomic E-state index is 12.0. The number of nitrogens with one attached hydrogen (secondary N) is 2. The lowest BCUT2D eigenvalue weighted by Gasteiger charge is -2.19. The van der Waals surface area contributed by atoms with Gasteiger partial charge in [-0.25, -0.2) is 4.79 Å². The Morgan fingerprint density at radius 1 is 1.20 bits per heavy atom. The first-order valence-corrected chi connectivity index (χ1v) is 5.51. The molecule has 1 aliphatic carbocycles. The van der Waals surface area contributed by atoms with E-state index in [1.807, 2.05) is 0 Å². The van der Waals surface area contributed by atoms with Crippen molar-refractivity contribution in [3.63, 3.8) is 0 Å². The molecule has 0 bridgehead atoms. The van der Waals surface area contributed by atoms with E-state index >= 15 is 0 Å². The van der Waals surface area contributed by atoms with Gasteiger partial charge in [0.25, 0.3) is 0 Å². The lowest BCUT2D eigenvalue weighted by Crippen LogP contribution is -2.19. The largest absolute Gasteiger partial charge is 0.323 e. The lowest BCUT2D eigenvalue weighted by atomic mass is 9.85. The van der Waals surface area contributed by atoms with Crippen molar-refractivity contribution >= 4 is 5.78 Å². The smallest absolute Gasteiger partial charge is 0.310 e. The minimum atomic E-state index is -0.286. The van der Waals surface area contributed by atoms with E-state index in [0.717, 1.165) is 25.7 Å². The maximum absolute atomic E-state index is 12.0. The van der Waals surface area contributed by atoms with Crippen LogP contribution >= 0.6 is 0 Å². The zero-order valence-corrected chi connectivity index (χ0v) is 8.93. The molecule has 0 aromatic carbocycles. The molecule has 2 rings (SSSR count). The molecular formula is C11H16N2O2. The summed E-state index contributed by atoms with van der Waals surface area (Å²) in [6.07, 6.45) is 5.41. The molecule has 1 fully saturated rings. The fourth-order valence-corrected chi connectivity index (χ4v) is 2.29. The third-order valence-electron chi connectivity index (χ3n) is 3.14. The van der Waals surface area contributed by atoms with Crippen molar-refractivity contribution < 1.29 is 4.79 Å². The minimum absolute atomic E-state index is 0.102. The molecule has 4 nitrogen and oxygen atoms in total. The van der Waals surface area contributed by atoms with Crippen LogP contribution in [0.2, 0.25) is 0 Å². The highest BCUT2D eigenvalue weighted by Gasteiger charge is 2.24. The fourth-order valence-electron chi connectivity index (χ4n) is 2.29. The van der Waals surface area contributed by atoms with E-state index in [-0.39, 0.29) is 17.4 Å². The van der Waals surface area contributed by atoms with Gasteiger partial charge in [0.1, 0.15) is 5.69 Å². The van der Waals surface area contributed by atoms with Crippen LogP contribution in [0, 0.1) is 12.8 Å². The van der Waals surface area contributed by atoms with Gasteiger partial charge in [-0.05, 0) is 19.8 Å². The van der Waals surface area contributed by atoms with Crippen molar-refractivity contribution in [1.82, 2.24) is 9.97 Å². The predicted octanol–water partition coefficient (Wildman–Crippen LogP) is 1.77. The second kappa shape index (κ2) is 4.04. The van der Waals surface area contributed by atoms with Gasteiger partial charge in [0.05, 0.1) is 0 Å². The van der Waals surface area contributed by atoms with E-state index in [4.69, 9.17) is 0 Å². The van der Waals surface area contributed by atoms with E-state index in [0.29, 0.717) is 11.4 Å². The van der Waals surface area contributed by atoms with E-state index in [1.54, 1.807) is 6.92 Å². The summed E-state index contributed by atoms with van der Waals surface area (Å²) < 4.78 is 0. The third-order valence-corrected chi connectivity index (χ3v) is 3.14. The van der Waals surface area contributed by atoms with Gasteiger partial charge >= 0.3 is 5.69 Å². The van der Waals surface area contributed by atoms with Gasteiger partial charge in [-0.2, -0.15) is 0 Å². The summed E-state index contributed by atoms with van der Waals surface area (Å²) in [4.78, 5) is 28.3. The lowest BCUT2D eigenvalue weighted by molar-refractivity contribution is 0.0884. The number of hydrogen-bond acceptors (Lipinski definition) is 2. The predicted molar refractivity (Wildman–Crippen MR) is 57.1 cm³/mol. The molecule has 15 heavy (non-hydrogen) atoms. The molecule has 1 saturated carbocycles. The standard InChI is InChI=1S/C11H16N2O2/c1-7-9(13-11(15)12-7)10(14)8-5-3-2-4-6-8/h8H,2-6H2,1H3,(H2,12,13,15). The van der Waals surface area contributed by atoms with E-state index < -0.39 is 0 Å². The summed E-state index contributed by atoms with van der Waals surface area (Å²) in [6, 6.07) is 0. The normalized spacial score (nSPS) is 17.9. The zero-order valence-electron chi connectivity index (χ0n) is 8.93. The van der Waals surface area contributed by atoms with Crippen LogP contribution in [0.5, 0.6) is 0 Å². The van der Waals surface area contributed by atoms with Crippen LogP contribution in [-0.4, -0.2) is 15.8 Å². The molecule has 1 aromatic heterocycles. The van der Waals surface area contributed by atoms with Gasteiger partial charge in [-0.3, -0.25) is 4.79 Å². The molecule has 0 spiro atoms. The first kappa shape index (κ1) is 10.2. The SMILES string of the molecule is Cc1[nH]c(=O)[nH]c1C(=O)C1CCCCC1. The number of Topliss-reactive ketones (excluding diaryl/α,β-unsaturated/α-hetero) is 1. The quantitative estimate of drug-likeness (QED) is 0.727. The third kappa shape index (κ3) is 2.03. The molecule has 82 valence electrons. The van der Waals surface area contributed by atoms with E-state index in [9.17, 15) is 9.59 Å². The summed E-state index contributed by atoms with van der Waals surface area (Å²) in [5.41, 5.74) is 0.856. The Morgan fingerprint density at radius 3 is 2.40 bits per heavy atom. The van der Waals surface area contributed by atoms with Gasteiger partial charge in [0, 0.05) is 11.6 Å². The highest BCUT2D eigenvalue weighted by molar-refractivity contribution is 5.97. The van der Waals surface area contributed by atoms with E-state index in [2.05, 4.69) is 9.97 Å². The summed E-state index contributed by atoms with van der Waals surface area (Å²) in [6.45, 7) is 1.76. The number of H-pyrrole nitrogens is 2. The van der Waals surface area contributed by atoms with Gasteiger partial charge in [0.2, 0.25) is 0 Å². The van der Waals surface area contributed by atoms with Crippen LogP contribution in [0.15, 0.2) is 4.79 Å². The highest BCUT2D eigenvalue weighted by atomic mass is 16.1. The first-order valence-electron chi connectivity index (χ1n) is 5.51. The average Bonchev–Trinajstić information content (AvgIpc) is 2.58. The van der Waals surface area contributed by atoms with Crippen LogP contribution in [-0.2, 0) is 0 Å². The van der Waals surface area contributed by atoms with Crippen molar-refractivity contribution in [3.8, 4) is 0 Å². The second-order valence-corrected chi connectivity index (χ2v) is 4.28. The number of aryl methyl sites for hydroxylation is 1. The zero-order chi connectivity index (χ0) is 10.8. The molecule has 0 amide bonds. The van der Waals surface area contributed by atoms with Crippen molar-refractivity contribution in [2.45, 2.75) is 39.0 Å². The maximum Gasteiger partial charge on any atom is 0.323 e. The summed E-state index contributed by atoms with van der Waals surface area (Å²) in [5, 5.41) is 0. The Morgan fingerprint density at radius 2 is 1.87 bits per heavy atom. The number of hydrogen-bond donors (Lipinski definition) is 2. The van der Waals surface area contributed by atoms with Crippen molar-refractivity contribution in [3.05, 3.63) is 21.9 Å². The molecule has 2 N–H and O–H groups in total. The molecule has 1 aromatic rings. The van der Waals surface area contributed by atoms with Crippen LogP contribution in [0.1, 0.15) is 48.3 Å². The van der Waals surface area contributed by atoms with Gasteiger partial charge in [-0.1, -0.05) is 19.3 Å². The number of aromatic amines is 2. The molecule has 1 aliphatic rings. The fraction of sp³-hybridized carbons (Fsp3) is 0.636. The average molecular weight is 208 g/mol. The van der Waals surface area contributed by atoms with Crippen LogP contribution in [0.4, 0.5) is 0 Å². The Bertz CT molecular complexity index is 410. The first-order chi connectivity index (χ1) is 7.18. The van der Waals surface area contributed by atoms with Crippen LogP contribution in [0.3, 0.4) is 0 Å². The summed E-state index contributed by atoms with van der Waals surface area (Å²) in [5.74, 6) is 0.217. The van der Waals surface area contributed by atoms with Crippen LogP contribution in [0.25, 0.3) is 0 Å². The number of ketones is 1. The number of carbonyl (C=O) groups is 1. The van der Waals surface area contributed by atoms with Gasteiger partial charge in [-0.15, -0.1) is 0 Å². The highest BCUT2D eigenvalue weighted by Crippen LogP contribution is 2.26. The number of imidazole rings is 1. The topological polar surface area (TPSA) is 65.7 Å². The van der Waals surface area contributed by atoms with Crippen molar-refractivity contribution in [2.75, 3.05) is 0 Å². The molecular weight excluding hydrogens is 192 g/mol. The number of rotatable bonds is 2. The summed E-state index contributed by atoms with van der Waals surface area (Å²) >= 11 is 0. The molecule has 0 saturated heterocycles. The molecule has 0 atom stereocenters. The minimum Gasteiger partial charge on any atom is -0.310 e. The summed E-state index contributed by atoms with van der Waals surface area (Å²) in [7, 11) is 0. The number of aromatic nitrogens is 2. The van der Waals surface area contributed by atoms with Gasteiger partial charge < -0.3 is 9.97 Å². The molecule has 1 heterocycles. The second-order valence-electron chi connectivity index (χ2n) is 4.28. The van der Waals surface area contributed by atoms with Crippen molar-refractivity contribution in [2.24, 2.45) is 5.92 Å². The Balaban J connectivity index is 2.19. The Hall–Kier alpha value is -1.32. The van der Waals surface area contributed by atoms with Crippen LogP contribution < -0.4 is 5.69 Å². The van der Waals surface area contributed by atoms with Crippen molar-refractivity contribution in [1.29, 1.82) is 0 Å². The molecule has 0 unspecified atom stereocenters. The number of carbonyl (C=O) groups excluding carboxylic acids is 1. The Kier molecular flexibility index (Phi) is 2.75. The monoisotopic (exact) mass is 208 g/mol. The van der Waals surface area contributed by atoms with Gasteiger partial charge in [0.15, 0.2) is 5.78 Å². The van der Waals surface area contributed by atoms with E-state index in [1.165, 1.54) is 6.42 Å². The molecule has 0 radical (unpaired) electrons. The molecule has 4 heteroatoms. The Labute approximate surface area is 88.1 Å².